The molecule has 0 saturated heterocycles. The molecule has 0 heterocycles. The second kappa shape index (κ2) is 8.02. The van der Waals surface area contributed by atoms with Crippen molar-refractivity contribution in [2.45, 2.75) is 26.2 Å². The first kappa shape index (κ1) is 15.8. The van der Waals surface area contributed by atoms with Crippen LogP contribution in [0, 0.1) is 5.92 Å². The summed E-state index contributed by atoms with van der Waals surface area (Å²) in [6.45, 7) is 2.77. The van der Waals surface area contributed by atoms with Crippen molar-refractivity contribution in [1.29, 1.82) is 0 Å². The van der Waals surface area contributed by atoms with Crippen molar-refractivity contribution in [3.05, 3.63) is 23.2 Å². The highest BCUT2D eigenvalue weighted by Crippen LogP contribution is 2.27. The van der Waals surface area contributed by atoms with Crippen molar-refractivity contribution in [2.24, 2.45) is 11.7 Å². The number of rotatable bonds is 7. The third-order valence-corrected chi connectivity index (χ3v) is 3.27. The molecule has 0 radical (unpaired) electrons. The summed E-state index contributed by atoms with van der Waals surface area (Å²) in [5.41, 5.74) is 6.17. The van der Waals surface area contributed by atoms with Gasteiger partial charge in [0, 0.05) is 18.2 Å². The third-order valence-electron chi connectivity index (χ3n) is 2.96. The van der Waals surface area contributed by atoms with E-state index in [2.05, 4.69) is 12.2 Å². The zero-order valence-corrected chi connectivity index (χ0v) is 12.2. The van der Waals surface area contributed by atoms with Gasteiger partial charge in [0.15, 0.2) is 0 Å². The number of anilines is 1. The maximum atomic E-state index is 11.8. The molecule has 19 heavy (non-hydrogen) atoms. The molecular weight excluding hydrogens is 264 g/mol. The van der Waals surface area contributed by atoms with Crippen LogP contribution in [0.3, 0.4) is 0 Å². The minimum Gasteiger partial charge on any atom is -0.495 e. The minimum absolute atomic E-state index is 0.00625. The number of nitrogens with one attached hydrogen (secondary N) is 1. The fourth-order valence-electron chi connectivity index (χ4n) is 1.77. The van der Waals surface area contributed by atoms with Crippen LogP contribution in [-0.4, -0.2) is 19.6 Å². The van der Waals surface area contributed by atoms with Gasteiger partial charge in [-0.3, -0.25) is 4.79 Å². The van der Waals surface area contributed by atoms with Crippen LogP contribution in [0.4, 0.5) is 5.69 Å². The Labute approximate surface area is 119 Å². The number of hydrogen-bond acceptors (Lipinski definition) is 3. The van der Waals surface area contributed by atoms with Gasteiger partial charge in [0.1, 0.15) is 5.75 Å². The fraction of sp³-hybridized carbons (Fsp3) is 0.500. The topological polar surface area (TPSA) is 64.3 Å². The summed E-state index contributed by atoms with van der Waals surface area (Å²) in [5.74, 6) is 1.01. The summed E-state index contributed by atoms with van der Waals surface area (Å²) < 4.78 is 5.10. The lowest BCUT2D eigenvalue weighted by Crippen LogP contribution is -2.14. The quantitative estimate of drug-likeness (QED) is 0.809. The Morgan fingerprint density at radius 2 is 2.21 bits per heavy atom. The van der Waals surface area contributed by atoms with Crippen molar-refractivity contribution in [1.82, 2.24) is 0 Å². The van der Waals surface area contributed by atoms with E-state index in [4.69, 9.17) is 22.1 Å². The van der Waals surface area contributed by atoms with Gasteiger partial charge >= 0.3 is 0 Å². The maximum absolute atomic E-state index is 11.8. The van der Waals surface area contributed by atoms with Gasteiger partial charge in [-0.25, -0.2) is 0 Å². The molecule has 0 aromatic heterocycles. The molecule has 4 nitrogen and oxygen atoms in total. The molecule has 0 bridgehead atoms. The van der Waals surface area contributed by atoms with Gasteiger partial charge in [0.25, 0.3) is 0 Å². The highest BCUT2D eigenvalue weighted by molar-refractivity contribution is 6.32. The van der Waals surface area contributed by atoms with E-state index in [0.717, 1.165) is 12.8 Å². The van der Waals surface area contributed by atoms with E-state index in [-0.39, 0.29) is 5.91 Å². The van der Waals surface area contributed by atoms with Crippen LogP contribution in [0.5, 0.6) is 5.75 Å². The van der Waals surface area contributed by atoms with Crippen LogP contribution in [0.25, 0.3) is 0 Å². The van der Waals surface area contributed by atoms with E-state index in [9.17, 15) is 4.79 Å². The molecule has 0 fully saturated rings. The second-order valence-electron chi connectivity index (χ2n) is 4.62. The molecule has 1 unspecified atom stereocenters. The number of halogens is 1. The zero-order chi connectivity index (χ0) is 14.3. The normalized spacial score (nSPS) is 12.0. The number of ether oxygens (including phenoxy) is 1. The highest BCUT2D eigenvalue weighted by Gasteiger charge is 2.08. The fourth-order valence-corrected chi connectivity index (χ4v) is 1.96. The van der Waals surface area contributed by atoms with Crippen molar-refractivity contribution in [3.63, 3.8) is 0 Å². The Balaban J connectivity index is 2.48. The lowest BCUT2D eigenvalue weighted by molar-refractivity contribution is -0.116. The van der Waals surface area contributed by atoms with Crippen LogP contribution >= 0.6 is 11.6 Å². The Kier molecular flexibility index (Phi) is 6.67. The number of amides is 1. The molecule has 1 rings (SSSR count). The summed E-state index contributed by atoms with van der Waals surface area (Å²) in [7, 11) is 1.54. The lowest BCUT2D eigenvalue weighted by Gasteiger charge is -2.11. The van der Waals surface area contributed by atoms with Gasteiger partial charge < -0.3 is 15.8 Å². The monoisotopic (exact) mass is 284 g/mol. The van der Waals surface area contributed by atoms with Crippen LogP contribution in [0.15, 0.2) is 18.2 Å². The largest absolute Gasteiger partial charge is 0.495 e. The Morgan fingerprint density at radius 3 is 2.84 bits per heavy atom. The molecule has 0 aliphatic rings. The van der Waals surface area contributed by atoms with Gasteiger partial charge in [0.05, 0.1) is 12.1 Å². The average Bonchev–Trinajstić information content (AvgIpc) is 2.39. The molecular formula is C14H21ClN2O2. The molecule has 1 amide bonds. The van der Waals surface area contributed by atoms with Crippen molar-refractivity contribution >= 4 is 23.2 Å². The standard InChI is InChI=1S/C14H21ClN2O2/c1-10(7-8-16)3-6-14(18)17-11-4-5-12(15)13(9-11)19-2/h4-5,9-10H,3,6-8,16H2,1-2H3,(H,17,18). The van der Waals surface area contributed by atoms with Gasteiger partial charge in [-0.15, -0.1) is 0 Å². The number of nitrogens with two attached hydrogens (primary N) is 1. The van der Waals surface area contributed by atoms with Gasteiger partial charge in [-0.05, 0) is 37.4 Å². The molecule has 0 aliphatic heterocycles. The van der Waals surface area contributed by atoms with E-state index in [1.54, 1.807) is 25.3 Å². The van der Waals surface area contributed by atoms with Crippen LogP contribution in [0.1, 0.15) is 26.2 Å². The zero-order valence-electron chi connectivity index (χ0n) is 11.4. The first-order chi connectivity index (χ1) is 9.06. The number of hydrogen-bond donors (Lipinski definition) is 2. The second-order valence-corrected chi connectivity index (χ2v) is 5.03. The van der Waals surface area contributed by atoms with E-state index < -0.39 is 0 Å². The van der Waals surface area contributed by atoms with Crippen LogP contribution < -0.4 is 15.8 Å². The number of methoxy groups -OCH3 is 1. The van der Waals surface area contributed by atoms with Gasteiger partial charge in [-0.2, -0.15) is 0 Å². The van der Waals surface area contributed by atoms with Crippen LogP contribution in [0.2, 0.25) is 5.02 Å². The summed E-state index contributed by atoms with van der Waals surface area (Å²) in [4.78, 5) is 11.8. The highest BCUT2D eigenvalue weighted by atomic mass is 35.5. The predicted molar refractivity (Wildman–Crippen MR) is 78.7 cm³/mol. The smallest absolute Gasteiger partial charge is 0.224 e. The van der Waals surface area contributed by atoms with E-state index in [0.29, 0.717) is 35.3 Å². The Bertz CT molecular complexity index is 424. The first-order valence-electron chi connectivity index (χ1n) is 6.40. The number of carbonyl (C=O) groups excluding carboxylic acids is 1. The van der Waals surface area contributed by atoms with Crippen molar-refractivity contribution < 1.29 is 9.53 Å². The van der Waals surface area contributed by atoms with E-state index in [1.165, 1.54) is 0 Å². The Morgan fingerprint density at radius 1 is 1.47 bits per heavy atom. The van der Waals surface area contributed by atoms with Crippen molar-refractivity contribution in [3.8, 4) is 5.75 Å². The molecule has 106 valence electrons. The lowest BCUT2D eigenvalue weighted by atomic mass is 10.0. The SMILES string of the molecule is COc1cc(NC(=O)CCC(C)CCN)ccc1Cl. The molecule has 1 atom stereocenters. The summed E-state index contributed by atoms with van der Waals surface area (Å²) >= 11 is 5.92. The minimum atomic E-state index is -0.00625. The molecule has 1 aromatic carbocycles. The Hall–Kier alpha value is -1.26. The molecule has 0 saturated carbocycles. The van der Waals surface area contributed by atoms with Gasteiger partial charge in [0.2, 0.25) is 5.91 Å². The molecule has 1 aromatic rings. The van der Waals surface area contributed by atoms with E-state index >= 15 is 0 Å². The molecule has 3 N–H and O–H groups in total. The first-order valence-corrected chi connectivity index (χ1v) is 6.78. The van der Waals surface area contributed by atoms with Gasteiger partial charge in [-0.1, -0.05) is 18.5 Å². The third kappa shape index (κ3) is 5.49. The summed E-state index contributed by atoms with van der Waals surface area (Å²) in [6, 6.07) is 5.17. The van der Waals surface area contributed by atoms with E-state index in [1.807, 2.05) is 0 Å². The van der Waals surface area contributed by atoms with Crippen LogP contribution in [-0.2, 0) is 4.79 Å². The molecule has 0 spiro atoms. The average molecular weight is 285 g/mol. The number of benzene rings is 1. The summed E-state index contributed by atoms with van der Waals surface area (Å²) in [5, 5.41) is 3.36. The maximum Gasteiger partial charge on any atom is 0.224 e. The molecule has 5 heteroatoms. The molecule has 0 aliphatic carbocycles. The summed E-state index contributed by atoms with van der Waals surface area (Å²) in [6.07, 6.45) is 2.28. The van der Waals surface area contributed by atoms with Crippen molar-refractivity contribution in [2.75, 3.05) is 19.0 Å². The predicted octanol–water partition coefficient (Wildman–Crippen LogP) is 3.05. The number of carbonyl (C=O) groups is 1.